The van der Waals surface area contributed by atoms with Crippen LogP contribution < -0.4 is 5.32 Å². The summed E-state index contributed by atoms with van der Waals surface area (Å²) < 4.78 is 86.3. The van der Waals surface area contributed by atoms with E-state index in [2.05, 4.69) is 5.32 Å². The molecule has 4 rings (SSSR count). The zero-order valence-corrected chi connectivity index (χ0v) is 21.2. The molecule has 0 bridgehead atoms. The molecule has 3 aromatic carbocycles. The topological polar surface area (TPSA) is 41.5 Å². The molecule has 0 heterocycles. The van der Waals surface area contributed by atoms with E-state index in [0.717, 1.165) is 24.9 Å². The van der Waals surface area contributed by atoms with E-state index in [1.54, 1.807) is 0 Å². The van der Waals surface area contributed by atoms with Gasteiger partial charge in [-0.1, -0.05) is 60.7 Å². The third-order valence-electron chi connectivity index (χ3n) is 7.47. The van der Waals surface area contributed by atoms with Gasteiger partial charge in [-0.05, 0) is 60.6 Å². The van der Waals surface area contributed by atoms with Crippen LogP contribution in [0.5, 0.6) is 0 Å². The standard InChI is InChI=1S/C30H31F6NO2/c31-29(32,33)24-15-22(16-25(17-24)30(34,35)36)27(19-38)39-20-28(23-9-5-2-6-10-23)13-11-26(12-14-28)37-18-21-7-3-1-4-8-21/h1-10,15-17,26-27,37-38H,11-14,18-20H2/t26-,27?,28+. The van der Waals surface area contributed by atoms with E-state index in [9.17, 15) is 31.4 Å². The number of hydrogen-bond donors (Lipinski definition) is 2. The first-order valence-electron chi connectivity index (χ1n) is 12.8. The minimum Gasteiger partial charge on any atom is -0.393 e. The molecule has 1 saturated carbocycles. The van der Waals surface area contributed by atoms with E-state index >= 15 is 0 Å². The van der Waals surface area contributed by atoms with E-state index < -0.39 is 41.6 Å². The number of halogens is 6. The number of benzene rings is 3. The average Bonchev–Trinajstić information content (AvgIpc) is 2.93. The second-order valence-electron chi connectivity index (χ2n) is 10.1. The van der Waals surface area contributed by atoms with Gasteiger partial charge in [0.1, 0.15) is 6.10 Å². The van der Waals surface area contributed by atoms with Crippen molar-refractivity contribution in [3.63, 3.8) is 0 Å². The lowest BCUT2D eigenvalue weighted by Gasteiger charge is -2.41. The van der Waals surface area contributed by atoms with Gasteiger partial charge in [0, 0.05) is 18.0 Å². The molecule has 0 radical (unpaired) electrons. The number of aliphatic hydroxyl groups is 1. The van der Waals surface area contributed by atoms with Crippen molar-refractivity contribution in [1.29, 1.82) is 0 Å². The molecule has 0 saturated heterocycles. The highest BCUT2D eigenvalue weighted by molar-refractivity contribution is 5.35. The molecule has 1 fully saturated rings. The molecule has 0 amide bonds. The Balaban J connectivity index is 1.52. The number of hydrogen-bond acceptors (Lipinski definition) is 3. The van der Waals surface area contributed by atoms with Gasteiger partial charge in [-0.2, -0.15) is 26.3 Å². The van der Waals surface area contributed by atoms with Crippen molar-refractivity contribution in [2.24, 2.45) is 0 Å². The van der Waals surface area contributed by atoms with Crippen LogP contribution in [0.3, 0.4) is 0 Å². The summed E-state index contributed by atoms with van der Waals surface area (Å²) in [5.41, 5.74) is -1.56. The summed E-state index contributed by atoms with van der Waals surface area (Å²) in [6, 6.07) is 21.2. The Bertz CT molecular complexity index is 1160. The summed E-state index contributed by atoms with van der Waals surface area (Å²) in [5, 5.41) is 13.5. The number of aliphatic hydroxyl groups excluding tert-OH is 1. The fourth-order valence-electron chi connectivity index (χ4n) is 5.22. The molecule has 210 valence electrons. The first-order chi connectivity index (χ1) is 18.5. The van der Waals surface area contributed by atoms with Gasteiger partial charge < -0.3 is 15.2 Å². The van der Waals surface area contributed by atoms with E-state index in [0.29, 0.717) is 25.0 Å². The van der Waals surface area contributed by atoms with Crippen LogP contribution in [0.1, 0.15) is 59.6 Å². The van der Waals surface area contributed by atoms with E-state index in [-0.39, 0.29) is 24.3 Å². The molecule has 3 aromatic rings. The molecule has 9 heteroatoms. The van der Waals surface area contributed by atoms with Crippen LogP contribution in [0.15, 0.2) is 78.9 Å². The monoisotopic (exact) mass is 551 g/mol. The highest BCUT2D eigenvalue weighted by atomic mass is 19.4. The molecule has 1 aliphatic rings. The Morgan fingerprint density at radius 1 is 0.821 bits per heavy atom. The van der Waals surface area contributed by atoms with Crippen molar-refractivity contribution in [3.05, 3.63) is 107 Å². The first-order valence-corrected chi connectivity index (χ1v) is 12.8. The SMILES string of the molecule is OCC(OC[C@]1(c2ccccc2)CC[C@@H](NCc2ccccc2)CC1)c1cc(C(F)(F)F)cc(C(F)(F)F)c1. The lowest BCUT2D eigenvalue weighted by molar-refractivity contribution is -0.143. The maximum Gasteiger partial charge on any atom is 0.416 e. The van der Waals surface area contributed by atoms with Crippen LogP contribution in [-0.2, 0) is 29.0 Å². The Kier molecular flexibility index (Phi) is 9.03. The summed E-state index contributed by atoms with van der Waals surface area (Å²) in [7, 11) is 0. The van der Waals surface area contributed by atoms with Gasteiger partial charge in [0.25, 0.3) is 0 Å². The third kappa shape index (κ3) is 7.41. The Hall–Kier alpha value is -2.88. The van der Waals surface area contributed by atoms with Gasteiger partial charge in [0.05, 0.1) is 24.3 Å². The molecular formula is C30H31F6NO2. The van der Waals surface area contributed by atoms with Crippen LogP contribution in [0.25, 0.3) is 0 Å². The molecule has 39 heavy (non-hydrogen) atoms. The predicted octanol–water partition coefficient (Wildman–Crippen LogP) is 7.44. The number of alkyl halides is 6. The molecule has 1 aliphatic carbocycles. The number of nitrogens with one attached hydrogen (secondary N) is 1. The Morgan fingerprint density at radius 2 is 1.36 bits per heavy atom. The fourth-order valence-corrected chi connectivity index (χ4v) is 5.22. The molecule has 0 aromatic heterocycles. The van der Waals surface area contributed by atoms with Crippen molar-refractivity contribution in [2.45, 2.75) is 62.1 Å². The van der Waals surface area contributed by atoms with Gasteiger partial charge in [0.15, 0.2) is 0 Å². The van der Waals surface area contributed by atoms with Crippen LogP contribution >= 0.6 is 0 Å². The molecule has 0 aliphatic heterocycles. The minimum absolute atomic E-state index is 0.0469. The van der Waals surface area contributed by atoms with E-state index in [1.165, 1.54) is 5.56 Å². The lowest BCUT2D eigenvalue weighted by Crippen LogP contribution is -2.42. The lowest BCUT2D eigenvalue weighted by atomic mass is 9.68. The molecule has 3 nitrogen and oxygen atoms in total. The van der Waals surface area contributed by atoms with Crippen molar-refractivity contribution < 1.29 is 36.2 Å². The predicted molar refractivity (Wildman–Crippen MR) is 136 cm³/mol. The summed E-state index contributed by atoms with van der Waals surface area (Å²) in [5.74, 6) is 0. The van der Waals surface area contributed by atoms with E-state index in [1.807, 2.05) is 60.7 Å². The van der Waals surface area contributed by atoms with Crippen LogP contribution in [0.2, 0.25) is 0 Å². The highest BCUT2D eigenvalue weighted by Gasteiger charge is 2.40. The van der Waals surface area contributed by atoms with Crippen LogP contribution in [0, 0.1) is 0 Å². The Morgan fingerprint density at radius 3 is 1.87 bits per heavy atom. The quantitative estimate of drug-likeness (QED) is 0.272. The normalized spacial score (nSPS) is 21.1. The molecule has 1 atom stereocenters. The van der Waals surface area contributed by atoms with Crippen molar-refractivity contribution in [1.82, 2.24) is 5.32 Å². The first kappa shape index (κ1) is 29.1. The van der Waals surface area contributed by atoms with Crippen LogP contribution in [-0.4, -0.2) is 24.4 Å². The average molecular weight is 552 g/mol. The second kappa shape index (κ2) is 12.1. The minimum atomic E-state index is -4.98. The van der Waals surface area contributed by atoms with Gasteiger partial charge in [0.2, 0.25) is 0 Å². The van der Waals surface area contributed by atoms with Gasteiger partial charge in [-0.3, -0.25) is 0 Å². The van der Waals surface area contributed by atoms with Crippen LogP contribution in [0.4, 0.5) is 26.3 Å². The Labute approximate surface area is 223 Å². The van der Waals surface area contributed by atoms with Gasteiger partial charge >= 0.3 is 12.4 Å². The summed E-state index contributed by atoms with van der Waals surface area (Å²) in [4.78, 5) is 0. The summed E-state index contributed by atoms with van der Waals surface area (Å²) in [6.45, 7) is 0.0139. The summed E-state index contributed by atoms with van der Waals surface area (Å²) >= 11 is 0. The van der Waals surface area contributed by atoms with Crippen molar-refractivity contribution in [3.8, 4) is 0 Å². The second-order valence-corrected chi connectivity index (χ2v) is 10.1. The molecule has 0 spiro atoms. The van der Waals surface area contributed by atoms with Gasteiger partial charge in [-0.15, -0.1) is 0 Å². The zero-order valence-electron chi connectivity index (χ0n) is 21.2. The van der Waals surface area contributed by atoms with E-state index in [4.69, 9.17) is 4.74 Å². The number of ether oxygens (including phenoxy) is 1. The maximum absolute atomic E-state index is 13.4. The smallest absolute Gasteiger partial charge is 0.393 e. The van der Waals surface area contributed by atoms with Gasteiger partial charge in [-0.25, -0.2) is 0 Å². The largest absolute Gasteiger partial charge is 0.416 e. The van der Waals surface area contributed by atoms with Crippen molar-refractivity contribution in [2.75, 3.05) is 13.2 Å². The zero-order chi connectivity index (χ0) is 28.1. The summed E-state index contributed by atoms with van der Waals surface area (Å²) in [6.07, 6.45) is -8.26. The number of rotatable bonds is 9. The fraction of sp³-hybridized carbons (Fsp3) is 0.400. The molecule has 1 unspecified atom stereocenters. The third-order valence-corrected chi connectivity index (χ3v) is 7.47. The maximum atomic E-state index is 13.4. The molecule has 2 N–H and O–H groups in total. The molecular weight excluding hydrogens is 520 g/mol. The highest BCUT2D eigenvalue weighted by Crippen LogP contribution is 2.42. The van der Waals surface area contributed by atoms with Crippen molar-refractivity contribution >= 4 is 0 Å².